The smallest absolute Gasteiger partial charge is 0.335 e. The maximum atomic E-state index is 11.4. The molecule has 1 amide bonds. The number of halogens is 1. The normalized spacial score (nSPS) is 17.2. The third-order valence-electron chi connectivity index (χ3n) is 4.78. The number of aliphatic hydroxyl groups is 1. The van der Waals surface area contributed by atoms with Crippen molar-refractivity contribution in [2.24, 2.45) is 0 Å². The number of nitrogens with one attached hydrogen (secondary N) is 1. The second-order valence-electron chi connectivity index (χ2n) is 7.40. The Kier molecular flexibility index (Phi) is 7.73. The van der Waals surface area contributed by atoms with Gasteiger partial charge in [0.1, 0.15) is 30.3 Å². The Hall–Kier alpha value is -2.81. The molecular formula is C22H25ClN2O6. The summed E-state index contributed by atoms with van der Waals surface area (Å²) in [6.45, 7) is 3.13. The van der Waals surface area contributed by atoms with E-state index in [2.05, 4.69) is 10.2 Å². The van der Waals surface area contributed by atoms with E-state index >= 15 is 0 Å². The summed E-state index contributed by atoms with van der Waals surface area (Å²) in [4.78, 5) is 24.7. The fourth-order valence-electron chi connectivity index (χ4n) is 3.37. The van der Waals surface area contributed by atoms with Gasteiger partial charge in [0.2, 0.25) is 5.91 Å². The van der Waals surface area contributed by atoms with Crippen molar-refractivity contribution >= 4 is 29.2 Å². The monoisotopic (exact) mass is 448 g/mol. The fraction of sp³-hybridized carbons (Fsp3) is 0.364. The Morgan fingerprint density at radius 2 is 2.00 bits per heavy atom. The minimum atomic E-state index is -1.11. The van der Waals surface area contributed by atoms with Crippen molar-refractivity contribution in [1.82, 2.24) is 4.90 Å². The standard InChI is InChI=1S/C22H25ClN2O6/c1-14(26)24-20-7-2-15(22(28)29)10-21(20)30-13-17(27)11-25-9-8-19(12-25)31-18-5-3-16(23)4-6-18/h2-7,10,17,19,27H,8-9,11-13H2,1H3,(H,24,26)(H,28,29). The van der Waals surface area contributed by atoms with Crippen LogP contribution in [0.2, 0.25) is 5.02 Å². The largest absolute Gasteiger partial charge is 0.489 e. The van der Waals surface area contributed by atoms with Crippen LogP contribution in [-0.4, -0.2) is 65.4 Å². The minimum absolute atomic E-state index is 0.0212. The Morgan fingerprint density at radius 3 is 2.68 bits per heavy atom. The summed E-state index contributed by atoms with van der Waals surface area (Å²) < 4.78 is 11.6. The second kappa shape index (κ2) is 10.5. The number of carboxylic acids is 1. The van der Waals surface area contributed by atoms with Crippen molar-refractivity contribution < 1.29 is 29.3 Å². The number of nitrogens with zero attached hydrogens (tertiary/aromatic N) is 1. The summed E-state index contributed by atoms with van der Waals surface area (Å²) in [7, 11) is 0. The van der Waals surface area contributed by atoms with Crippen LogP contribution in [0.4, 0.5) is 5.69 Å². The van der Waals surface area contributed by atoms with Crippen molar-refractivity contribution in [1.29, 1.82) is 0 Å². The van der Waals surface area contributed by atoms with Crippen LogP contribution >= 0.6 is 11.6 Å². The first-order valence-corrected chi connectivity index (χ1v) is 10.3. The van der Waals surface area contributed by atoms with Crippen LogP contribution in [0.3, 0.4) is 0 Å². The van der Waals surface area contributed by atoms with Crippen LogP contribution in [0.15, 0.2) is 42.5 Å². The quantitative estimate of drug-likeness (QED) is 0.541. The van der Waals surface area contributed by atoms with Crippen LogP contribution in [0, 0.1) is 0 Å². The Morgan fingerprint density at radius 1 is 1.26 bits per heavy atom. The maximum Gasteiger partial charge on any atom is 0.335 e. The Bertz CT molecular complexity index is 921. The molecule has 0 aromatic heterocycles. The zero-order valence-electron chi connectivity index (χ0n) is 17.1. The fourth-order valence-corrected chi connectivity index (χ4v) is 3.50. The van der Waals surface area contributed by atoms with Crippen LogP contribution < -0.4 is 14.8 Å². The molecule has 8 nitrogen and oxygen atoms in total. The van der Waals surface area contributed by atoms with Gasteiger partial charge in [0.25, 0.3) is 0 Å². The Balaban J connectivity index is 1.51. The number of hydrogen-bond donors (Lipinski definition) is 3. The van der Waals surface area contributed by atoms with E-state index in [0.717, 1.165) is 18.7 Å². The predicted octanol–water partition coefficient (Wildman–Crippen LogP) is 2.89. The molecule has 2 atom stereocenters. The van der Waals surface area contributed by atoms with Gasteiger partial charge in [-0.3, -0.25) is 9.69 Å². The molecule has 0 radical (unpaired) electrons. The molecular weight excluding hydrogens is 424 g/mol. The third kappa shape index (κ3) is 6.85. The molecule has 166 valence electrons. The number of anilines is 1. The number of aliphatic hydroxyl groups excluding tert-OH is 1. The molecule has 0 spiro atoms. The SMILES string of the molecule is CC(=O)Nc1ccc(C(=O)O)cc1OCC(O)CN1CCC(Oc2ccc(Cl)cc2)C1. The lowest BCUT2D eigenvalue weighted by atomic mass is 10.2. The van der Waals surface area contributed by atoms with Gasteiger partial charge in [0.05, 0.1) is 11.3 Å². The van der Waals surface area contributed by atoms with E-state index in [9.17, 15) is 19.8 Å². The molecule has 1 aliphatic rings. The highest BCUT2D eigenvalue weighted by molar-refractivity contribution is 6.30. The van der Waals surface area contributed by atoms with Gasteiger partial charge in [0, 0.05) is 31.6 Å². The van der Waals surface area contributed by atoms with Crippen LogP contribution in [0.5, 0.6) is 11.5 Å². The van der Waals surface area contributed by atoms with Gasteiger partial charge in [-0.05, 0) is 48.9 Å². The number of likely N-dealkylation sites (tertiary alicyclic amines) is 1. The molecule has 1 saturated heterocycles. The molecule has 0 aliphatic carbocycles. The predicted molar refractivity (Wildman–Crippen MR) is 116 cm³/mol. The van der Waals surface area contributed by atoms with Crippen LogP contribution in [0.1, 0.15) is 23.7 Å². The van der Waals surface area contributed by atoms with E-state index in [1.165, 1.54) is 25.1 Å². The lowest BCUT2D eigenvalue weighted by Crippen LogP contribution is -2.35. The van der Waals surface area contributed by atoms with E-state index in [1.807, 2.05) is 12.1 Å². The first-order valence-electron chi connectivity index (χ1n) is 9.90. The average molecular weight is 449 g/mol. The number of benzene rings is 2. The van der Waals surface area contributed by atoms with Crippen LogP contribution in [0.25, 0.3) is 0 Å². The summed E-state index contributed by atoms with van der Waals surface area (Å²) in [5.41, 5.74) is 0.377. The molecule has 31 heavy (non-hydrogen) atoms. The molecule has 9 heteroatoms. The number of rotatable bonds is 9. The van der Waals surface area contributed by atoms with Gasteiger partial charge < -0.3 is 25.0 Å². The molecule has 3 rings (SSSR count). The summed E-state index contributed by atoms with van der Waals surface area (Å²) in [6.07, 6.45) is 0.0599. The van der Waals surface area contributed by atoms with E-state index < -0.39 is 12.1 Å². The number of ether oxygens (including phenoxy) is 2. The van der Waals surface area contributed by atoms with Crippen molar-refractivity contribution in [2.75, 3.05) is 31.6 Å². The first-order chi connectivity index (χ1) is 14.8. The summed E-state index contributed by atoms with van der Waals surface area (Å²) in [5.74, 6) is -0.468. The summed E-state index contributed by atoms with van der Waals surface area (Å²) >= 11 is 5.89. The Labute approximate surface area is 185 Å². The highest BCUT2D eigenvalue weighted by Gasteiger charge is 2.26. The highest BCUT2D eigenvalue weighted by atomic mass is 35.5. The number of aromatic carboxylic acids is 1. The zero-order chi connectivity index (χ0) is 22.4. The van der Waals surface area contributed by atoms with E-state index in [1.54, 1.807) is 12.1 Å². The first kappa shape index (κ1) is 22.9. The van der Waals surface area contributed by atoms with Gasteiger partial charge in [-0.25, -0.2) is 4.79 Å². The summed E-state index contributed by atoms with van der Waals surface area (Å²) in [5, 5.41) is 22.8. The molecule has 2 unspecified atom stereocenters. The third-order valence-corrected chi connectivity index (χ3v) is 5.04. The molecule has 0 bridgehead atoms. The van der Waals surface area contributed by atoms with E-state index in [0.29, 0.717) is 23.8 Å². The molecule has 2 aromatic rings. The van der Waals surface area contributed by atoms with Gasteiger partial charge in [0.15, 0.2) is 0 Å². The van der Waals surface area contributed by atoms with Crippen LogP contribution in [-0.2, 0) is 4.79 Å². The number of amides is 1. The van der Waals surface area contributed by atoms with Crippen molar-refractivity contribution in [3.05, 3.63) is 53.1 Å². The van der Waals surface area contributed by atoms with Gasteiger partial charge >= 0.3 is 5.97 Å². The molecule has 1 aliphatic heterocycles. The lowest BCUT2D eigenvalue weighted by molar-refractivity contribution is -0.114. The highest BCUT2D eigenvalue weighted by Crippen LogP contribution is 2.26. The topological polar surface area (TPSA) is 108 Å². The van der Waals surface area contributed by atoms with Crippen molar-refractivity contribution in [3.8, 4) is 11.5 Å². The number of β-amino-alcohol motifs (C(OH)–C–C–N with tert-alkyl or cyclic N) is 1. The molecule has 0 saturated carbocycles. The number of carboxylic acid groups (broad SMARTS) is 1. The molecule has 1 fully saturated rings. The van der Waals surface area contributed by atoms with Gasteiger partial charge in [-0.1, -0.05) is 11.6 Å². The van der Waals surface area contributed by atoms with E-state index in [4.69, 9.17) is 21.1 Å². The van der Waals surface area contributed by atoms with Gasteiger partial charge in [-0.15, -0.1) is 0 Å². The number of carbonyl (C=O) groups is 2. The number of carbonyl (C=O) groups excluding carboxylic acids is 1. The van der Waals surface area contributed by atoms with Crippen molar-refractivity contribution in [3.63, 3.8) is 0 Å². The molecule has 3 N–H and O–H groups in total. The second-order valence-corrected chi connectivity index (χ2v) is 7.84. The summed E-state index contributed by atoms with van der Waals surface area (Å²) in [6, 6.07) is 11.4. The maximum absolute atomic E-state index is 11.4. The number of hydrogen-bond acceptors (Lipinski definition) is 6. The van der Waals surface area contributed by atoms with Gasteiger partial charge in [-0.2, -0.15) is 0 Å². The molecule has 2 aromatic carbocycles. The molecule has 1 heterocycles. The van der Waals surface area contributed by atoms with E-state index in [-0.39, 0.29) is 29.9 Å². The lowest BCUT2D eigenvalue weighted by Gasteiger charge is -2.21. The zero-order valence-corrected chi connectivity index (χ0v) is 17.8. The average Bonchev–Trinajstić information content (AvgIpc) is 3.15. The minimum Gasteiger partial charge on any atom is -0.489 e. The van der Waals surface area contributed by atoms with Crippen molar-refractivity contribution in [2.45, 2.75) is 25.6 Å².